The van der Waals surface area contributed by atoms with Gasteiger partial charge in [0.15, 0.2) is 5.69 Å². The Labute approximate surface area is 186 Å². The van der Waals surface area contributed by atoms with Gasteiger partial charge in [-0.25, -0.2) is 9.97 Å². The van der Waals surface area contributed by atoms with Crippen LogP contribution in [-0.4, -0.2) is 82.5 Å². The lowest BCUT2D eigenvalue weighted by molar-refractivity contribution is -0.131. The first-order chi connectivity index (χ1) is 15.1. The van der Waals surface area contributed by atoms with Crippen molar-refractivity contribution in [1.82, 2.24) is 24.8 Å². The Hall–Kier alpha value is -2.62. The number of ether oxygens (including phenoxy) is 1. The lowest BCUT2D eigenvalue weighted by Gasteiger charge is -2.31. The zero-order valence-electron chi connectivity index (χ0n) is 17.4. The van der Waals surface area contributed by atoms with Gasteiger partial charge in [-0.15, -0.1) is 0 Å². The highest BCUT2D eigenvalue weighted by Crippen LogP contribution is 2.37. The smallest absolute Gasteiger partial charge is 0.280 e. The number of carbonyl (C=O) groups excluding carboxylic acids is 2. The highest BCUT2D eigenvalue weighted by atomic mass is 35.5. The van der Waals surface area contributed by atoms with E-state index in [9.17, 15) is 9.59 Å². The van der Waals surface area contributed by atoms with Crippen LogP contribution >= 0.6 is 11.6 Å². The van der Waals surface area contributed by atoms with Gasteiger partial charge in [-0.1, -0.05) is 11.6 Å². The molecule has 31 heavy (non-hydrogen) atoms. The molecular weight excluding hydrogens is 420 g/mol. The van der Waals surface area contributed by atoms with Gasteiger partial charge in [0.2, 0.25) is 5.91 Å². The van der Waals surface area contributed by atoms with Crippen LogP contribution in [0.1, 0.15) is 35.6 Å². The molecule has 2 amide bonds. The van der Waals surface area contributed by atoms with Crippen LogP contribution in [0.5, 0.6) is 0 Å². The van der Waals surface area contributed by atoms with E-state index in [1.165, 1.54) is 17.3 Å². The quantitative estimate of drug-likeness (QED) is 0.642. The highest BCUT2D eigenvalue weighted by molar-refractivity contribution is 6.30. The minimum absolute atomic E-state index is 0.0361. The number of halogens is 1. The summed E-state index contributed by atoms with van der Waals surface area (Å²) in [6.07, 6.45) is 4.61. The van der Waals surface area contributed by atoms with Gasteiger partial charge in [0.1, 0.15) is 5.82 Å². The molecule has 2 aromatic rings. The number of pyridine rings is 1. The Morgan fingerprint density at radius 1 is 1.23 bits per heavy atom. The molecule has 0 aliphatic carbocycles. The number of hydrogen-bond donors (Lipinski definition) is 0. The first kappa shape index (κ1) is 21.6. The van der Waals surface area contributed by atoms with Crippen LogP contribution in [0.2, 0.25) is 5.02 Å². The summed E-state index contributed by atoms with van der Waals surface area (Å²) in [6, 6.07) is 2.77. The van der Waals surface area contributed by atoms with E-state index in [0.29, 0.717) is 29.6 Å². The maximum Gasteiger partial charge on any atom is 0.280 e. The molecular formula is C21H25ClN6O3. The van der Waals surface area contributed by atoms with E-state index in [1.807, 2.05) is 11.8 Å². The third-order valence-corrected chi connectivity index (χ3v) is 5.85. The van der Waals surface area contributed by atoms with E-state index < -0.39 is 6.04 Å². The fourth-order valence-electron chi connectivity index (χ4n) is 3.94. The molecule has 164 valence electrons. The van der Waals surface area contributed by atoms with E-state index in [4.69, 9.17) is 16.3 Å². The molecule has 4 heterocycles. The zero-order chi connectivity index (χ0) is 21.8. The van der Waals surface area contributed by atoms with Crippen molar-refractivity contribution in [3.05, 3.63) is 47.1 Å². The van der Waals surface area contributed by atoms with Gasteiger partial charge in [-0.3, -0.25) is 24.4 Å². The summed E-state index contributed by atoms with van der Waals surface area (Å²) < 4.78 is 5.39. The van der Waals surface area contributed by atoms with Crippen molar-refractivity contribution in [1.29, 1.82) is 0 Å². The lowest BCUT2D eigenvalue weighted by Crippen LogP contribution is -2.43. The fraction of sp³-hybridized carbons (Fsp3) is 0.476. The number of anilines is 1. The molecule has 0 spiro atoms. The maximum absolute atomic E-state index is 13.2. The molecule has 0 radical (unpaired) electrons. The average molecular weight is 445 g/mol. The summed E-state index contributed by atoms with van der Waals surface area (Å²) in [5, 5.41) is 0.469. The summed E-state index contributed by atoms with van der Waals surface area (Å²) in [4.78, 5) is 44.7. The van der Waals surface area contributed by atoms with Crippen LogP contribution in [0.15, 0.2) is 30.7 Å². The predicted octanol–water partition coefficient (Wildman–Crippen LogP) is 1.80. The van der Waals surface area contributed by atoms with E-state index in [0.717, 1.165) is 32.8 Å². The minimum Gasteiger partial charge on any atom is -0.379 e. The van der Waals surface area contributed by atoms with Gasteiger partial charge in [0.05, 0.1) is 36.4 Å². The Morgan fingerprint density at radius 3 is 2.71 bits per heavy atom. The first-order valence-electron chi connectivity index (χ1n) is 10.4. The molecule has 2 aliphatic heterocycles. The molecule has 0 saturated carbocycles. The van der Waals surface area contributed by atoms with Crippen molar-refractivity contribution >= 4 is 29.2 Å². The number of carbonyl (C=O) groups is 2. The van der Waals surface area contributed by atoms with Crippen molar-refractivity contribution in [3.8, 4) is 0 Å². The number of hydrogen-bond acceptors (Lipinski definition) is 7. The summed E-state index contributed by atoms with van der Waals surface area (Å²) >= 11 is 5.96. The SMILES string of the molecule is CCN(CCN1CCOCC1)C(=O)C[C@H]1c2nccnc2C(=O)N1c1ccc(Cl)cn1. The fourth-order valence-corrected chi connectivity index (χ4v) is 4.05. The Kier molecular flexibility index (Phi) is 6.74. The Bertz CT molecular complexity index is 935. The molecule has 9 nitrogen and oxygen atoms in total. The average Bonchev–Trinajstić information content (AvgIpc) is 3.07. The monoisotopic (exact) mass is 444 g/mol. The summed E-state index contributed by atoms with van der Waals surface area (Å²) in [5.74, 6) is 0.0708. The molecule has 1 fully saturated rings. The van der Waals surface area contributed by atoms with Gasteiger partial charge in [0.25, 0.3) is 5.91 Å². The second-order valence-corrected chi connectivity index (χ2v) is 7.88. The first-order valence-corrected chi connectivity index (χ1v) is 10.8. The minimum atomic E-state index is -0.560. The van der Waals surface area contributed by atoms with Gasteiger partial charge in [-0.2, -0.15) is 0 Å². The van der Waals surface area contributed by atoms with E-state index in [1.54, 1.807) is 18.3 Å². The third-order valence-electron chi connectivity index (χ3n) is 5.63. The summed E-state index contributed by atoms with van der Waals surface area (Å²) in [5.41, 5.74) is 0.759. The van der Waals surface area contributed by atoms with Crippen LogP contribution in [0.25, 0.3) is 0 Å². The number of amides is 2. The van der Waals surface area contributed by atoms with Crippen LogP contribution in [0.3, 0.4) is 0 Å². The van der Waals surface area contributed by atoms with E-state index >= 15 is 0 Å². The van der Waals surface area contributed by atoms with Crippen molar-refractivity contribution < 1.29 is 14.3 Å². The molecule has 4 rings (SSSR count). The number of nitrogens with zero attached hydrogens (tertiary/aromatic N) is 6. The second kappa shape index (κ2) is 9.67. The van der Waals surface area contributed by atoms with Crippen LogP contribution in [0.4, 0.5) is 5.82 Å². The molecule has 0 bridgehead atoms. The summed E-state index contributed by atoms with van der Waals surface area (Å²) in [7, 11) is 0. The summed E-state index contributed by atoms with van der Waals surface area (Å²) in [6.45, 7) is 7.18. The zero-order valence-corrected chi connectivity index (χ0v) is 18.2. The largest absolute Gasteiger partial charge is 0.379 e. The van der Waals surface area contributed by atoms with Crippen molar-refractivity contribution in [2.24, 2.45) is 0 Å². The van der Waals surface area contributed by atoms with Crippen LogP contribution in [-0.2, 0) is 9.53 Å². The molecule has 0 N–H and O–H groups in total. The van der Waals surface area contributed by atoms with Crippen molar-refractivity contribution in [2.75, 3.05) is 50.8 Å². The van der Waals surface area contributed by atoms with Gasteiger partial charge in [-0.05, 0) is 19.1 Å². The van der Waals surface area contributed by atoms with Crippen molar-refractivity contribution in [2.45, 2.75) is 19.4 Å². The number of likely N-dealkylation sites (N-methyl/N-ethyl adjacent to an activating group) is 1. The number of aromatic nitrogens is 3. The second-order valence-electron chi connectivity index (χ2n) is 7.45. The van der Waals surface area contributed by atoms with Gasteiger partial charge >= 0.3 is 0 Å². The van der Waals surface area contributed by atoms with Crippen LogP contribution in [0, 0.1) is 0 Å². The number of rotatable bonds is 7. The van der Waals surface area contributed by atoms with Crippen molar-refractivity contribution in [3.63, 3.8) is 0 Å². The normalized spacial score (nSPS) is 18.8. The third kappa shape index (κ3) is 4.68. The maximum atomic E-state index is 13.2. The lowest BCUT2D eigenvalue weighted by atomic mass is 10.1. The molecule has 2 aromatic heterocycles. The van der Waals surface area contributed by atoms with Gasteiger partial charge < -0.3 is 9.64 Å². The van der Waals surface area contributed by atoms with Gasteiger partial charge in [0, 0.05) is 51.3 Å². The Balaban J connectivity index is 1.52. The molecule has 2 aliphatic rings. The predicted molar refractivity (Wildman–Crippen MR) is 115 cm³/mol. The topological polar surface area (TPSA) is 91.8 Å². The Morgan fingerprint density at radius 2 is 2.00 bits per heavy atom. The number of morpholine rings is 1. The standard InChI is InChI=1S/C21H25ClN6O3/c1-2-27(8-7-26-9-11-31-12-10-26)18(29)13-16-19-20(24-6-5-23-19)21(30)28(16)17-4-3-15(22)14-25-17/h3-6,14,16H,2,7-13H2,1H3/t16-/m0/s1. The van der Waals surface area contributed by atoms with E-state index in [-0.39, 0.29) is 23.9 Å². The van der Waals surface area contributed by atoms with Crippen LogP contribution < -0.4 is 4.90 Å². The molecule has 0 aromatic carbocycles. The molecule has 1 saturated heterocycles. The molecule has 1 atom stereocenters. The highest BCUT2D eigenvalue weighted by Gasteiger charge is 2.42. The van der Waals surface area contributed by atoms with E-state index in [2.05, 4.69) is 19.9 Å². The molecule has 0 unspecified atom stereocenters. The number of fused-ring (bicyclic) bond motifs is 1. The molecule has 10 heteroatoms.